The van der Waals surface area contributed by atoms with E-state index in [4.69, 9.17) is 34.8 Å². The summed E-state index contributed by atoms with van der Waals surface area (Å²) in [6, 6.07) is 5.16. The van der Waals surface area contributed by atoms with Crippen LogP contribution in [0.2, 0.25) is 0 Å². The molecule has 0 unspecified atom stereocenters. The Kier molecular flexibility index (Phi) is 6.86. The summed E-state index contributed by atoms with van der Waals surface area (Å²) in [4.78, 5) is 33.0. The number of nitrogens with one attached hydrogen (secondary N) is 1. The summed E-state index contributed by atoms with van der Waals surface area (Å²) in [6.45, 7) is -0.395. The molecule has 120 valence electrons. The highest BCUT2D eigenvalue weighted by Crippen LogP contribution is 2.25. The van der Waals surface area contributed by atoms with Crippen LogP contribution in [0.5, 0.6) is 0 Å². The minimum absolute atomic E-state index is 0.000673. The van der Waals surface area contributed by atoms with Crippen LogP contribution >= 0.6 is 34.8 Å². The van der Waals surface area contributed by atoms with Crippen LogP contribution in [-0.2, 0) is 4.74 Å². The molecule has 1 aromatic rings. The lowest BCUT2D eigenvalue weighted by molar-refractivity contribution is -0.384. The molecule has 0 heterocycles. The molecule has 0 bridgehead atoms. The zero-order chi connectivity index (χ0) is 16.8. The quantitative estimate of drug-likeness (QED) is 0.359. The lowest BCUT2D eigenvalue weighted by atomic mass is 10.1. The van der Waals surface area contributed by atoms with Crippen LogP contribution < -0.4 is 5.32 Å². The highest BCUT2D eigenvalue weighted by Gasteiger charge is 2.22. The molecule has 1 aromatic carbocycles. The molecular formula is C12H11Cl3N2O5. The topological polar surface area (TPSA) is 98.5 Å². The summed E-state index contributed by atoms with van der Waals surface area (Å²) in [6.07, 6.45) is -0.816. The molecule has 0 aliphatic heterocycles. The number of carbonyl (C=O) groups is 2. The summed E-state index contributed by atoms with van der Waals surface area (Å²) >= 11 is 16.2. The van der Waals surface area contributed by atoms with E-state index in [1.54, 1.807) is 0 Å². The van der Waals surface area contributed by atoms with Gasteiger partial charge < -0.3 is 10.1 Å². The highest BCUT2D eigenvalue weighted by molar-refractivity contribution is 6.67. The van der Waals surface area contributed by atoms with Crippen LogP contribution in [0.25, 0.3) is 0 Å². The molecule has 0 radical (unpaired) electrons. The average Bonchev–Trinajstić information content (AvgIpc) is 2.44. The number of Topliss-reactive ketones (excluding diaryl/α,β-unsaturated/α-hetero) is 1. The molecule has 10 heteroatoms. The number of ether oxygens (including phenoxy) is 1. The number of hydrogen-bond acceptors (Lipinski definition) is 5. The maximum Gasteiger partial charge on any atom is 0.407 e. The molecule has 0 saturated carbocycles. The van der Waals surface area contributed by atoms with Crippen molar-refractivity contribution >= 4 is 52.4 Å². The van der Waals surface area contributed by atoms with Gasteiger partial charge in [-0.2, -0.15) is 0 Å². The lowest BCUT2D eigenvalue weighted by Crippen LogP contribution is -2.29. The van der Waals surface area contributed by atoms with Gasteiger partial charge in [0, 0.05) is 30.7 Å². The molecule has 1 N–H and O–H groups in total. The highest BCUT2D eigenvalue weighted by atomic mass is 35.6. The van der Waals surface area contributed by atoms with Crippen LogP contribution in [0.15, 0.2) is 24.3 Å². The number of halogens is 3. The van der Waals surface area contributed by atoms with Crippen molar-refractivity contribution in [2.24, 2.45) is 0 Å². The van der Waals surface area contributed by atoms with E-state index in [1.165, 1.54) is 24.3 Å². The molecule has 0 aliphatic rings. The molecule has 0 aromatic heterocycles. The molecule has 1 amide bonds. The van der Waals surface area contributed by atoms with Gasteiger partial charge in [0.15, 0.2) is 5.78 Å². The van der Waals surface area contributed by atoms with Gasteiger partial charge in [-0.15, -0.1) is 0 Å². The van der Waals surface area contributed by atoms with Gasteiger partial charge in [-0.25, -0.2) is 4.79 Å². The number of rotatable bonds is 6. The fourth-order valence-corrected chi connectivity index (χ4v) is 1.55. The predicted octanol–water partition coefficient (Wildman–Crippen LogP) is 3.26. The number of hydrogen-bond donors (Lipinski definition) is 1. The Morgan fingerprint density at radius 3 is 2.32 bits per heavy atom. The number of nitro groups is 1. The average molecular weight is 370 g/mol. The number of alkyl halides is 3. The van der Waals surface area contributed by atoms with Gasteiger partial charge >= 0.3 is 6.09 Å². The summed E-state index contributed by atoms with van der Waals surface area (Å²) in [7, 11) is 0. The van der Waals surface area contributed by atoms with E-state index in [0.717, 1.165) is 0 Å². The number of ketones is 1. The van der Waals surface area contributed by atoms with Crippen LogP contribution in [0.1, 0.15) is 16.8 Å². The van der Waals surface area contributed by atoms with Crippen molar-refractivity contribution in [1.82, 2.24) is 5.32 Å². The van der Waals surface area contributed by atoms with E-state index >= 15 is 0 Å². The Labute approximate surface area is 140 Å². The second-order valence-corrected chi connectivity index (χ2v) is 6.61. The number of benzene rings is 1. The molecule has 1 rings (SSSR count). The Balaban J connectivity index is 2.37. The van der Waals surface area contributed by atoms with Crippen LogP contribution in [-0.4, -0.2) is 33.7 Å². The molecule has 0 aliphatic carbocycles. The van der Waals surface area contributed by atoms with Crippen LogP contribution in [0.4, 0.5) is 10.5 Å². The van der Waals surface area contributed by atoms with E-state index in [9.17, 15) is 19.7 Å². The predicted molar refractivity (Wildman–Crippen MR) is 81.7 cm³/mol. The first kappa shape index (κ1) is 18.5. The molecule has 0 spiro atoms. The third-order valence-electron chi connectivity index (χ3n) is 2.39. The van der Waals surface area contributed by atoms with Crippen molar-refractivity contribution in [1.29, 1.82) is 0 Å². The first-order valence-electron chi connectivity index (χ1n) is 5.94. The first-order chi connectivity index (χ1) is 10.2. The zero-order valence-corrected chi connectivity index (χ0v) is 13.3. The Morgan fingerprint density at radius 1 is 1.23 bits per heavy atom. The van der Waals surface area contributed by atoms with E-state index in [0.29, 0.717) is 5.56 Å². The third kappa shape index (κ3) is 6.93. The van der Waals surface area contributed by atoms with Crippen LogP contribution in [0, 0.1) is 10.1 Å². The van der Waals surface area contributed by atoms with Crippen molar-refractivity contribution in [2.75, 3.05) is 13.2 Å². The number of non-ortho nitro benzene ring substituents is 1. The monoisotopic (exact) mass is 368 g/mol. The van der Waals surface area contributed by atoms with Crippen molar-refractivity contribution in [3.63, 3.8) is 0 Å². The summed E-state index contributed by atoms with van der Waals surface area (Å²) < 4.78 is 2.90. The van der Waals surface area contributed by atoms with E-state index in [2.05, 4.69) is 10.1 Å². The minimum Gasteiger partial charge on any atom is -0.445 e. The fourth-order valence-electron chi connectivity index (χ4n) is 1.39. The second kappa shape index (κ2) is 8.17. The SMILES string of the molecule is O=C(NCCC(=O)c1ccc([N+](=O)[O-])cc1)OCC(Cl)(Cl)Cl. The number of nitrogens with zero attached hydrogens (tertiary/aromatic N) is 1. The van der Waals surface area contributed by atoms with E-state index in [1.807, 2.05) is 0 Å². The standard InChI is InChI=1S/C12H11Cl3N2O5/c13-12(14,15)7-22-11(19)16-6-5-10(18)8-1-3-9(4-2-8)17(20)21/h1-4H,5-7H2,(H,16,19). The largest absolute Gasteiger partial charge is 0.445 e. The minimum atomic E-state index is -1.70. The first-order valence-corrected chi connectivity index (χ1v) is 7.07. The number of carbonyl (C=O) groups excluding carboxylic acids is 2. The molecule has 0 atom stereocenters. The summed E-state index contributed by atoms with van der Waals surface area (Å²) in [5.74, 6) is -0.281. The van der Waals surface area contributed by atoms with Gasteiger partial charge in [0.1, 0.15) is 6.61 Å². The van der Waals surface area contributed by atoms with E-state index in [-0.39, 0.29) is 24.4 Å². The van der Waals surface area contributed by atoms with Crippen molar-refractivity contribution in [3.05, 3.63) is 39.9 Å². The zero-order valence-electron chi connectivity index (χ0n) is 11.1. The van der Waals surface area contributed by atoms with Gasteiger partial charge in [-0.1, -0.05) is 34.8 Å². The maximum atomic E-state index is 11.8. The van der Waals surface area contributed by atoms with Crippen molar-refractivity contribution < 1.29 is 19.2 Å². The molecule has 22 heavy (non-hydrogen) atoms. The molecular weight excluding hydrogens is 358 g/mol. The van der Waals surface area contributed by atoms with Gasteiger partial charge in [0.25, 0.3) is 5.69 Å². The molecule has 7 nitrogen and oxygen atoms in total. The Hall–Kier alpha value is -1.57. The second-order valence-electron chi connectivity index (χ2n) is 4.10. The van der Waals surface area contributed by atoms with Crippen molar-refractivity contribution in [3.8, 4) is 0 Å². The van der Waals surface area contributed by atoms with Gasteiger partial charge in [-0.3, -0.25) is 14.9 Å². The number of alkyl carbamates (subject to hydrolysis) is 1. The molecule has 0 saturated heterocycles. The number of nitro benzene ring substituents is 1. The van der Waals surface area contributed by atoms with Gasteiger partial charge in [0.2, 0.25) is 3.79 Å². The third-order valence-corrected chi connectivity index (χ3v) is 2.72. The van der Waals surface area contributed by atoms with Crippen LogP contribution in [0.3, 0.4) is 0 Å². The summed E-state index contributed by atoms with van der Waals surface area (Å²) in [5.41, 5.74) is 0.201. The van der Waals surface area contributed by atoms with Gasteiger partial charge in [0.05, 0.1) is 4.92 Å². The Bertz CT molecular complexity index is 557. The summed E-state index contributed by atoms with van der Waals surface area (Å²) in [5, 5.41) is 12.8. The number of amides is 1. The van der Waals surface area contributed by atoms with E-state index < -0.39 is 21.4 Å². The fraction of sp³-hybridized carbons (Fsp3) is 0.333. The smallest absolute Gasteiger partial charge is 0.407 e. The van der Waals surface area contributed by atoms with Crippen molar-refractivity contribution in [2.45, 2.75) is 10.2 Å². The Morgan fingerprint density at radius 2 is 1.82 bits per heavy atom. The normalized spacial score (nSPS) is 10.9. The lowest BCUT2D eigenvalue weighted by Gasteiger charge is -2.11. The van der Waals surface area contributed by atoms with Gasteiger partial charge in [-0.05, 0) is 12.1 Å². The molecule has 0 fully saturated rings. The maximum absolute atomic E-state index is 11.8.